The number of rotatable bonds is 7. The van der Waals surface area contributed by atoms with Gasteiger partial charge in [-0.15, -0.1) is 0 Å². The third-order valence-corrected chi connectivity index (χ3v) is 4.55. The van der Waals surface area contributed by atoms with Crippen LogP contribution in [0.4, 0.5) is 0 Å². The number of hydrogen-bond donors (Lipinski definition) is 1. The number of carbonyl (C=O) groups excluding carboxylic acids is 1. The van der Waals surface area contributed by atoms with Crippen LogP contribution >= 0.6 is 0 Å². The highest BCUT2D eigenvalue weighted by Gasteiger charge is 2.15. The minimum absolute atomic E-state index is 0.0104. The summed E-state index contributed by atoms with van der Waals surface area (Å²) < 4.78 is 11.3. The van der Waals surface area contributed by atoms with Gasteiger partial charge in [0.1, 0.15) is 17.3 Å². The largest absolute Gasteiger partial charge is 0.496 e. The molecule has 0 saturated heterocycles. The fourth-order valence-corrected chi connectivity index (χ4v) is 3.09. The fraction of sp³-hybridized carbons (Fsp3) is 0.261. The van der Waals surface area contributed by atoms with E-state index in [9.17, 15) is 4.79 Å². The van der Waals surface area contributed by atoms with Crippen molar-refractivity contribution in [1.29, 1.82) is 0 Å². The summed E-state index contributed by atoms with van der Waals surface area (Å²) in [6.07, 6.45) is 0.941. The molecule has 3 rings (SSSR count). The molecule has 0 radical (unpaired) electrons. The minimum atomic E-state index is -0.121. The van der Waals surface area contributed by atoms with E-state index in [-0.39, 0.29) is 11.9 Å². The maximum Gasteiger partial charge on any atom is 0.220 e. The molecule has 0 spiro atoms. The first-order valence-corrected chi connectivity index (χ1v) is 9.15. The van der Waals surface area contributed by atoms with Gasteiger partial charge in [-0.2, -0.15) is 0 Å². The molecule has 0 bridgehead atoms. The standard InChI is InChI=1S/C23H25NO3/c1-16-9-12-22(26-3)20(15-16)17(2)24-23(25)14-11-19-10-13-21(27-19)18-7-5-4-6-8-18/h4-10,12-13,15,17H,11,14H2,1-3H3,(H,24,25). The lowest BCUT2D eigenvalue weighted by molar-refractivity contribution is -0.121. The fourth-order valence-electron chi connectivity index (χ4n) is 3.09. The van der Waals surface area contributed by atoms with Crippen LogP contribution in [0.1, 0.15) is 36.3 Å². The molecule has 1 unspecified atom stereocenters. The van der Waals surface area contributed by atoms with Crippen molar-refractivity contribution in [2.45, 2.75) is 32.7 Å². The monoisotopic (exact) mass is 363 g/mol. The van der Waals surface area contributed by atoms with Crippen molar-refractivity contribution in [3.05, 3.63) is 77.6 Å². The second-order valence-corrected chi connectivity index (χ2v) is 6.67. The molecule has 1 N–H and O–H groups in total. The average Bonchev–Trinajstić information content (AvgIpc) is 3.16. The number of methoxy groups -OCH3 is 1. The number of nitrogens with one attached hydrogen (secondary N) is 1. The molecule has 4 heteroatoms. The Balaban J connectivity index is 1.57. The van der Waals surface area contributed by atoms with Crippen molar-refractivity contribution in [3.63, 3.8) is 0 Å². The summed E-state index contributed by atoms with van der Waals surface area (Å²) in [6.45, 7) is 3.99. The van der Waals surface area contributed by atoms with Gasteiger partial charge in [0.2, 0.25) is 5.91 Å². The van der Waals surface area contributed by atoms with E-state index < -0.39 is 0 Å². The predicted octanol–water partition coefficient (Wildman–Crippen LogP) is 5.07. The van der Waals surface area contributed by atoms with Crippen molar-refractivity contribution < 1.29 is 13.9 Å². The smallest absolute Gasteiger partial charge is 0.220 e. The van der Waals surface area contributed by atoms with Gasteiger partial charge in [0.15, 0.2) is 0 Å². The lowest BCUT2D eigenvalue weighted by Gasteiger charge is -2.18. The molecule has 1 aromatic heterocycles. The van der Waals surface area contributed by atoms with E-state index in [0.29, 0.717) is 12.8 Å². The second-order valence-electron chi connectivity index (χ2n) is 6.67. The Morgan fingerprint density at radius 3 is 2.63 bits per heavy atom. The van der Waals surface area contributed by atoms with Crippen LogP contribution in [0.15, 0.2) is 65.1 Å². The summed E-state index contributed by atoms with van der Waals surface area (Å²) >= 11 is 0. The van der Waals surface area contributed by atoms with Gasteiger partial charge in [0.05, 0.1) is 13.2 Å². The number of aryl methyl sites for hydroxylation is 2. The summed E-state index contributed by atoms with van der Waals surface area (Å²) in [6, 6.07) is 19.7. The Labute approximate surface area is 160 Å². The number of carbonyl (C=O) groups is 1. The van der Waals surface area contributed by atoms with E-state index >= 15 is 0 Å². The first kappa shape index (κ1) is 18.8. The lowest BCUT2D eigenvalue weighted by Crippen LogP contribution is -2.27. The SMILES string of the molecule is COc1ccc(C)cc1C(C)NC(=O)CCc1ccc(-c2ccccc2)o1. The van der Waals surface area contributed by atoms with Gasteiger partial charge in [-0.1, -0.05) is 48.0 Å². The van der Waals surface area contributed by atoms with Gasteiger partial charge in [0.25, 0.3) is 0 Å². The van der Waals surface area contributed by atoms with Crippen LogP contribution in [0.25, 0.3) is 11.3 Å². The first-order valence-electron chi connectivity index (χ1n) is 9.15. The molecule has 3 aromatic rings. The molecule has 4 nitrogen and oxygen atoms in total. The Morgan fingerprint density at radius 1 is 1.11 bits per heavy atom. The van der Waals surface area contributed by atoms with Crippen LogP contribution in [-0.2, 0) is 11.2 Å². The summed E-state index contributed by atoms with van der Waals surface area (Å²) in [7, 11) is 1.64. The summed E-state index contributed by atoms with van der Waals surface area (Å²) in [4.78, 5) is 12.4. The predicted molar refractivity (Wildman–Crippen MR) is 107 cm³/mol. The highest BCUT2D eigenvalue weighted by molar-refractivity contribution is 5.76. The van der Waals surface area contributed by atoms with Crippen LogP contribution < -0.4 is 10.1 Å². The van der Waals surface area contributed by atoms with Crippen molar-refractivity contribution in [2.75, 3.05) is 7.11 Å². The van der Waals surface area contributed by atoms with Gasteiger partial charge in [0, 0.05) is 24.0 Å². The molecular weight excluding hydrogens is 338 g/mol. The molecule has 140 valence electrons. The molecule has 0 aliphatic carbocycles. The minimum Gasteiger partial charge on any atom is -0.496 e. The second kappa shape index (κ2) is 8.58. The van der Waals surface area contributed by atoms with Crippen molar-refractivity contribution in [3.8, 4) is 17.1 Å². The molecule has 0 aliphatic heterocycles. The van der Waals surface area contributed by atoms with Crippen LogP contribution in [0.3, 0.4) is 0 Å². The van der Waals surface area contributed by atoms with E-state index in [4.69, 9.17) is 9.15 Å². The van der Waals surface area contributed by atoms with Crippen LogP contribution in [0.2, 0.25) is 0 Å². The molecule has 0 aliphatic rings. The van der Waals surface area contributed by atoms with Gasteiger partial charge in [-0.05, 0) is 32.0 Å². The van der Waals surface area contributed by atoms with Gasteiger partial charge < -0.3 is 14.5 Å². The Morgan fingerprint density at radius 2 is 1.89 bits per heavy atom. The molecule has 1 heterocycles. The number of furan rings is 1. The normalized spacial score (nSPS) is 11.8. The van der Waals surface area contributed by atoms with Crippen LogP contribution in [0.5, 0.6) is 5.75 Å². The van der Waals surface area contributed by atoms with Gasteiger partial charge >= 0.3 is 0 Å². The zero-order valence-corrected chi connectivity index (χ0v) is 16.0. The molecule has 27 heavy (non-hydrogen) atoms. The van der Waals surface area contributed by atoms with E-state index in [1.165, 1.54) is 0 Å². The van der Waals surface area contributed by atoms with E-state index in [2.05, 4.69) is 5.32 Å². The zero-order chi connectivity index (χ0) is 19.2. The van der Waals surface area contributed by atoms with Gasteiger partial charge in [-0.3, -0.25) is 4.79 Å². The molecule has 2 aromatic carbocycles. The first-order chi connectivity index (χ1) is 13.1. The molecule has 1 amide bonds. The molecule has 1 atom stereocenters. The van der Waals surface area contributed by atoms with E-state index in [1.54, 1.807) is 7.11 Å². The topological polar surface area (TPSA) is 51.5 Å². The quantitative estimate of drug-likeness (QED) is 0.637. The molecular formula is C23H25NO3. The van der Waals surface area contributed by atoms with Crippen LogP contribution in [0, 0.1) is 6.92 Å². The molecule has 0 fully saturated rings. The van der Waals surface area contributed by atoms with E-state index in [0.717, 1.165) is 34.0 Å². The van der Waals surface area contributed by atoms with Crippen molar-refractivity contribution in [1.82, 2.24) is 5.32 Å². The highest BCUT2D eigenvalue weighted by atomic mass is 16.5. The Bertz CT molecular complexity index is 899. The summed E-state index contributed by atoms with van der Waals surface area (Å²) in [5.74, 6) is 2.41. The number of ether oxygens (including phenoxy) is 1. The van der Waals surface area contributed by atoms with Crippen molar-refractivity contribution in [2.24, 2.45) is 0 Å². The van der Waals surface area contributed by atoms with E-state index in [1.807, 2.05) is 74.5 Å². The molecule has 0 saturated carbocycles. The highest BCUT2D eigenvalue weighted by Crippen LogP contribution is 2.26. The summed E-state index contributed by atoms with van der Waals surface area (Å²) in [5, 5.41) is 3.05. The number of hydrogen-bond acceptors (Lipinski definition) is 3. The van der Waals surface area contributed by atoms with Crippen molar-refractivity contribution >= 4 is 5.91 Å². The number of amides is 1. The summed E-state index contributed by atoms with van der Waals surface area (Å²) in [5.41, 5.74) is 3.15. The third kappa shape index (κ3) is 4.79. The van der Waals surface area contributed by atoms with Gasteiger partial charge in [-0.25, -0.2) is 0 Å². The lowest BCUT2D eigenvalue weighted by atomic mass is 10.0. The maximum absolute atomic E-state index is 12.4. The average molecular weight is 363 g/mol. The zero-order valence-electron chi connectivity index (χ0n) is 16.0. The Hall–Kier alpha value is -3.01. The number of benzene rings is 2. The van der Waals surface area contributed by atoms with Crippen LogP contribution in [-0.4, -0.2) is 13.0 Å². The third-order valence-electron chi connectivity index (χ3n) is 4.55. The maximum atomic E-state index is 12.4. The Kier molecular flexibility index (Phi) is 5.97.